The highest BCUT2D eigenvalue weighted by atomic mass is 15.0. The van der Waals surface area contributed by atoms with Crippen LogP contribution < -0.4 is 0 Å². The minimum atomic E-state index is 0.412. The Bertz CT molecular complexity index is 4460. The number of hydrogen-bond acceptors (Lipinski definition) is 4. The Morgan fingerprint density at radius 2 is 0.853 bits per heavy atom. The lowest BCUT2D eigenvalue weighted by Gasteiger charge is -2.13. The van der Waals surface area contributed by atoms with Crippen LogP contribution in [0.4, 0.5) is 5.69 Å². The van der Waals surface area contributed by atoms with Gasteiger partial charge >= 0.3 is 0 Å². The average molecular weight is 955 g/mol. The standard InChI is InChI=1S/C67H38N8/c1-70-48-15-11-14-46(36-48)67-71-59(45-13-10-12-42(34-45)40-68)39-60(72-67)52-31-26-44(35-47(52)41-69)43-24-27-49(28-25-43)73-65-32-29-50(74-61-20-6-2-16-53(61)54-17-3-7-21-62(54)74)37-57(65)58-38-51(30-33-66(58)73)75-63-22-8-4-18-55(63)56-19-5-9-23-64(56)75/h2-39H. The molecule has 75 heavy (non-hydrogen) atoms. The summed E-state index contributed by atoms with van der Waals surface area (Å²) in [6.07, 6.45) is 0. The molecule has 0 atom stereocenters. The minimum absolute atomic E-state index is 0.412. The van der Waals surface area contributed by atoms with Crippen LogP contribution in [0.2, 0.25) is 0 Å². The molecular formula is C67H38N8. The lowest BCUT2D eigenvalue weighted by atomic mass is 9.97. The molecule has 8 nitrogen and oxygen atoms in total. The molecule has 14 aromatic rings. The highest BCUT2D eigenvalue weighted by molar-refractivity contribution is 6.14. The number of nitrogens with zero attached hydrogens (tertiary/aromatic N) is 8. The van der Waals surface area contributed by atoms with E-state index in [9.17, 15) is 10.5 Å². The van der Waals surface area contributed by atoms with Gasteiger partial charge in [-0.2, -0.15) is 10.5 Å². The molecule has 0 spiro atoms. The fraction of sp³-hybridized carbons (Fsp3) is 0. The molecule has 0 N–H and O–H groups in total. The topological polar surface area (TPSA) is 92.5 Å². The van der Waals surface area contributed by atoms with Crippen molar-refractivity contribution in [3.8, 4) is 74.2 Å². The van der Waals surface area contributed by atoms with E-state index >= 15 is 0 Å². The monoisotopic (exact) mass is 954 g/mol. The lowest BCUT2D eigenvalue weighted by molar-refractivity contribution is 1.16. The number of aromatic nitrogens is 5. The van der Waals surface area contributed by atoms with Crippen molar-refractivity contribution >= 4 is 71.1 Å². The van der Waals surface area contributed by atoms with E-state index in [-0.39, 0.29) is 0 Å². The molecule has 0 unspecified atom stereocenters. The van der Waals surface area contributed by atoms with Gasteiger partial charge in [0.2, 0.25) is 0 Å². The summed E-state index contributed by atoms with van der Waals surface area (Å²) in [5.74, 6) is 0.412. The summed E-state index contributed by atoms with van der Waals surface area (Å²) in [6, 6.07) is 83.6. The molecule has 0 aliphatic rings. The second-order valence-electron chi connectivity index (χ2n) is 18.7. The molecule has 0 fully saturated rings. The average Bonchev–Trinajstić information content (AvgIpc) is 4.13. The normalized spacial score (nSPS) is 11.4. The maximum atomic E-state index is 10.7. The Kier molecular flexibility index (Phi) is 9.85. The molecule has 0 amide bonds. The summed E-state index contributed by atoms with van der Waals surface area (Å²) in [5.41, 5.74) is 16.5. The maximum absolute atomic E-state index is 10.7. The first kappa shape index (κ1) is 43.0. The van der Waals surface area contributed by atoms with Gasteiger partial charge < -0.3 is 13.7 Å². The van der Waals surface area contributed by atoms with Gasteiger partial charge in [-0.05, 0) is 114 Å². The quantitative estimate of drug-likeness (QED) is 0.149. The number of hydrogen-bond donors (Lipinski definition) is 0. The fourth-order valence-corrected chi connectivity index (χ4v) is 11.1. The van der Waals surface area contributed by atoms with Crippen LogP contribution in [-0.2, 0) is 0 Å². The Balaban J connectivity index is 0.899. The molecule has 14 rings (SSSR count). The second kappa shape index (κ2) is 17.2. The minimum Gasteiger partial charge on any atom is -0.309 e. The van der Waals surface area contributed by atoms with E-state index in [0.29, 0.717) is 45.2 Å². The van der Waals surface area contributed by atoms with E-state index in [1.807, 2.05) is 48.5 Å². The van der Waals surface area contributed by atoms with E-state index in [4.69, 9.17) is 16.5 Å². The summed E-state index contributed by atoms with van der Waals surface area (Å²) in [5, 5.41) is 27.6. The fourth-order valence-electron chi connectivity index (χ4n) is 11.1. The van der Waals surface area contributed by atoms with Gasteiger partial charge in [0.1, 0.15) is 0 Å². The molecule has 0 saturated carbocycles. The summed E-state index contributed by atoms with van der Waals surface area (Å²) in [4.78, 5) is 13.5. The largest absolute Gasteiger partial charge is 0.309 e. The number of nitriles is 2. The van der Waals surface area contributed by atoms with Crippen LogP contribution in [0.25, 0.3) is 132 Å². The number of benzene rings is 10. The third-order valence-corrected chi connectivity index (χ3v) is 14.5. The van der Waals surface area contributed by atoms with Crippen LogP contribution in [0.1, 0.15) is 11.1 Å². The van der Waals surface area contributed by atoms with Crippen molar-refractivity contribution < 1.29 is 0 Å². The summed E-state index contributed by atoms with van der Waals surface area (Å²) < 4.78 is 7.12. The third kappa shape index (κ3) is 6.96. The molecule has 4 aromatic heterocycles. The van der Waals surface area contributed by atoms with Crippen molar-refractivity contribution in [2.75, 3.05) is 0 Å². The highest BCUT2D eigenvalue weighted by Crippen LogP contribution is 2.41. The first-order valence-corrected chi connectivity index (χ1v) is 24.6. The van der Waals surface area contributed by atoms with Crippen molar-refractivity contribution in [2.45, 2.75) is 0 Å². The van der Waals surface area contributed by atoms with Crippen LogP contribution >= 0.6 is 0 Å². The summed E-state index contributed by atoms with van der Waals surface area (Å²) in [7, 11) is 0. The molecule has 8 heteroatoms. The van der Waals surface area contributed by atoms with Gasteiger partial charge in [-0.15, -0.1) is 0 Å². The predicted molar refractivity (Wildman–Crippen MR) is 302 cm³/mol. The van der Waals surface area contributed by atoms with Gasteiger partial charge in [-0.25, -0.2) is 14.8 Å². The number of rotatable bonds is 7. The first-order chi connectivity index (χ1) is 37.0. The van der Waals surface area contributed by atoms with Crippen LogP contribution in [0.15, 0.2) is 231 Å². The van der Waals surface area contributed by atoms with Gasteiger partial charge in [0.15, 0.2) is 11.5 Å². The number of fused-ring (bicyclic) bond motifs is 9. The Labute approximate surface area is 430 Å². The van der Waals surface area contributed by atoms with Crippen molar-refractivity contribution in [1.29, 1.82) is 10.5 Å². The smallest absolute Gasteiger partial charge is 0.187 e. The van der Waals surface area contributed by atoms with Gasteiger partial charge in [-0.3, -0.25) is 0 Å². The first-order valence-electron chi connectivity index (χ1n) is 24.6. The molecule has 346 valence electrons. The Hall–Kier alpha value is -10.9. The second-order valence-corrected chi connectivity index (χ2v) is 18.7. The van der Waals surface area contributed by atoms with E-state index in [1.165, 1.54) is 21.5 Å². The molecular weight excluding hydrogens is 917 g/mol. The molecule has 0 saturated heterocycles. The molecule has 0 bridgehead atoms. The highest BCUT2D eigenvalue weighted by Gasteiger charge is 2.20. The van der Waals surface area contributed by atoms with E-state index in [2.05, 4.69) is 188 Å². The van der Waals surface area contributed by atoms with Gasteiger partial charge in [-0.1, -0.05) is 127 Å². The zero-order valence-corrected chi connectivity index (χ0v) is 40.0. The van der Waals surface area contributed by atoms with Gasteiger partial charge in [0.25, 0.3) is 0 Å². The van der Waals surface area contributed by atoms with Crippen LogP contribution in [0, 0.1) is 29.2 Å². The molecule has 0 aliphatic carbocycles. The van der Waals surface area contributed by atoms with Crippen molar-refractivity contribution in [2.24, 2.45) is 0 Å². The molecule has 0 radical (unpaired) electrons. The Morgan fingerprint density at radius 1 is 0.360 bits per heavy atom. The predicted octanol–water partition coefficient (Wildman–Crippen LogP) is 16.7. The van der Waals surface area contributed by atoms with Crippen LogP contribution in [-0.4, -0.2) is 23.7 Å². The summed E-state index contributed by atoms with van der Waals surface area (Å²) >= 11 is 0. The van der Waals surface area contributed by atoms with E-state index in [0.717, 1.165) is 77.6 Å². The number of para-hydroxylation sites is 4. The van der Waals surface area contributed by atoms with Gasteiger partial charge in [0.05, 0.1) is 74.3 Å². The van der Waals surface area contributed by atoms with Crippen molar-refractivity contribution in [3.63, 3.8) is 0 Å². The van der Waals surface area contributed by atoms with Crippen LogP contribution in [0.3, 0.4) is 0 Å². The third-order valence-electron chi connectivity index (χ3n) is 14.5. The SMILES string of the molecule is [C-]#[N+]c1cccc(-c2nc(-c3cccc(C#N)c3)cc(-c3ccc(-c4ccc(-n5c6ccc(-n7c8ccccc8c8ccccc87)cc6c6cc(-n7c8ccccc8c8ccccc87)ccc65)cc4)cc3C#N)n2)c1. The van der Waals surface area contributed by atoms with E-state index in [1.54, 1.807) is 24.3 Å². The zero-order chi connectivity index (χ0) is 50.1. The Morgan fingerprint density at radius 3 is 1.41 bits per heavy atom. The lowest BCUT2D eigenvalue weighted by Crippen LogP contribution is -1.98. The van der Waals surface area contributed by atoms with Crippen LogP contribution in [0.5, 0.6) is 0 Å². The van der Waals surface area contributed by atoms with Gasteiger partial charge in [0, 0.05) is 66.1 Å². The van der Waals surface area contributed by atoms with Crippen molar-refractivity contribution in [3.05, 3.63) is 253 Å². The maximum Gasteiger partial charge on any atom is 0.187 e. The summed E-state index contributed by atoms with van der Waals surface area (Å²) in [6.45, 7) is 7.61. The molecule has 4 heterocycles. The van der Waals surface area contributed by atoms with Crippen molar-refractivity contribution in [1.82, 2.24) is 23.7 Å². The molecule has 0 aliphatic heterocycles. The zero-order valence-electron chi connectivity index (χ0n) is 40.0. The van der Waals surface area contributed by atoms with E-state index < -0.39 is 0 Å². The molecule has 10 aromatic carbocycles.